The first-order chi connectivity index (χ1) is 11.6. The Labute approximate surface area is 143 Å². The standard InChI is InChI=1S/C20H27NO3/c1-24-19-12-16(8-11-18(19)22)13-20(23)21-17-9-6-15(7-10-17)5-4-14-2-3-14/h4-5,8,11-12,14-15,17,22H,2-3,6-7,9-10,13H2,1H3,(H,21,23)/b5-4-. The lowest BCUT2D eigenvalue weighted by Crippen LogP contribution is -2.38. The summed E-state index contributed by atoms with van der Waals surface area (Å²) in [6.07, 6.45) is 12.3. The molecule has 3 rings (SSSR count). The number of ether oxygens (including phenoxy) is 1. The van der Waals surface area contributed by atoms with E-state index in [-0.39, 0.29) is 11.7 Å². The molecule has 1 amide bonds. The van der Waals surface area contributed by atoms with E-state index in [1.165, 1.54) is 32.8 Å². The topological polar surface area (TPSA) is 58.6 Å². The van der Waals surface area contributed by atoms with Gasteiger partial charge in [0.05, 0.1) is 13.5 Å². The Morgan fingerprint density at radius 2 is 1.79 bits per heavy atom. The zero-order valence-electron chi connectivity index (χ0n) is 14.3. The molecular weight excluding hydrogens is 302 g/mol. The number of rotatable bonds is 6. The van der Waals surface area contributed by atoms with Crippen LogP contribution in [0.1, 0.15) is 44.1 Å². The number of aromatic hydroxyl groups is 1. The van der Waals surface area contributed by atoms with Gasteiger partial charge in [0.2, 0.25) is 5.91 Å². The van der Waals surface area contributed by atoms with E-state index in [9.17, 15) is 9.90 Å². The van der Waals surface area contributed by atoms with Crippen LogP contribution in [0.4, 0.5) is 0 Å². The second kappa shape index (κ2) is 7.73. The fraction of sp³-hybridized carbons (Fsp3) is 0.550. The number of amides is 1. The van der Waals surface area contributed by atoms with Gasteiger partial charge in [-0.05, 0) is 68.1 Å². The van der Waals surface area contributed by atoms with Crippen LogP contribution in [0.25, 0.3) is 0 Å². The van der Waals surface area contributed by atoms with Gasteiger partial charge in [0, 0.05) is 6.04 Å². The number of hydrogen-bond acceptors (Lipinski definition) is 3. The van der Waals surface area contributed by atoms with Crippen LogP contribution >= 0.6 is 0 Å². The molecule has 130 valence electrons. The Morgan fingerprint density at radius 3 is 2.38 bits per heavy atom. The van der Waals surface area contributed by atoms with E-state index in [4.69, 9.17) is 4.74 Å². The summed E-state index contributed by atoms with van der Waals surface area (Å²) in [5.41, 5.74) is 0.850. The van der Waals surface area contributed by atoms with Crippen molar-refractivity contribution in [1.29, 1.82) is 0 Å². The average molecular weight is 329 g/mol. The second-order valence-corrected chi connectivity index (χ2v) is 7.08. The molecule has 4 nitrogen and oxygen atoms in total. The van der Waals surface area contributed by atoms with Gasteiger partial charge in [-0.2, -0.15) is 0 Å². The molecule has 2 aliphatic rings. The van der Waals surface area contributed by atoms with Gasteiger partial charge in [0.15, 0.2) is 11.5 Å². The van der Waals surface area contributed by atoms with Crippen LogP contribution in [0.5, 0.6) is 11.5 Å². The minimum atomic E-state index is 0.0414. The van der Waals surface area contributed by atoms with Crippen LogP contribution < -0.4 is 10.1 Å². The molecule has 24 heavy (non-hydrogen) atoms. The lowest BCUT2D eigenvalue weighted by Gasteiger charge is -2.27. The Morgan fingerprint density at radius 1 is 1.17 bits per heavy atom. The summed E-state index contributed by atoms with van der Waals surface area (Å²) in [4.78, 5) is 12.2. The van der Waals surface area contributed by atoms with Crippen LogP contribution in [0.2, 0.25) is 0 Å². The lowest BCUT2D eigenvalue weighted by atomic mass is 9.85. The summed E-state index contributed by atoms with van der Waals surface area (Å²) < 4.78 is 5.08. The molecule has 4 heteroatoms. The lowest BCUT2D eigenvalue weighted by molar-refractivity contribution is -0.121. The maximum atomic E-state index is 12.2. The van der Waals surface area contributed by atoms with Crippen LogP contribution in [0, 0.1) is 11.8 Å². The van der Waals surface area contributed by atoms with Gasteiger partial charge in [-0.3, -0.25) is 4.79 Å². The molecule has 1 aromatic rings. The number of benzene rings is 1. The second-order valence-electron chi connectivity index (χ2n) is 7.08. The number of methoxy groups -OCH3 is 1. The largest absolute Gasteiger partial charge is 0.504 e. The zero-order valence-corrected chi connectivity index (χ0v) is 14.3. The minimum absolute atomic E-state index is 0.0414. The van der Waals surface area contributed by atoms with Crippen LogP contribution in [0.3, 0.4) is 0 Å². The number of carbonyl (C=O) groups excluding carboxylic acids is 1. The summed E-state index contributed by atoms with van der Waals surface area (Å²) in [5.74, 6) is 2.09. The third-order valence-electron chi connectivity index (χ3n) is 5.02. The number of hydrogen-bond donors (Lipinski definition) is 2. The monoisotopic (exact) mass is 329 g/mol. The molecule has 0 heterocycles. The number of phenolic OH excluding ortho intramolecular Hbond substituents is 1. The van der Waals surface area contributed by atoms with Gasteiger partial charge in [0.25, 0.3) is 0 Å². The van der Waals surface area contributed by atoms with Gasteiger partial charge in [-0.15, -0.1) is 0 Å². The summed E-state index contributed by atoms with van der Waals surface area (Å²) in [5, 5.41) is 12.8. The van der Waals surface area contributed by atoms with Crippen molar-refractivity contribution in [3.63, 3.8) is 0 Å². The molecule has 2 fully saturated rings. The molecule has 0 aliphatic heterocycles. The molecule has 0 atom stereocenters. The highest BCUT2D eigenvalue weighted by Crippen LogP contribution is 2.32. The molecule has 2 aliphatic carbocycles. The van der Waals surface area contributed by atoms with Gasteiger partial charge < -0.3 is 15.2 Å². The normalized spacial score (nSPS) is 24.0. The molecule has 0 unspecified atom stereocenters. The highest BCUT2D eigenvalue weighted by atomic mass is 16.5. The first-order valence-electron chi connectivity index (χ1n) is 8.97. The quantitative estimate of drug-likeness (QED) is 0.784. The van der Waals surface area contributed by atoms with Crippen molar-refractivity contribution in [2.75, 3.05) is 7.11 Å². The maximum Gasteiger partial charge on any atom is 0.224 e. The third-order valence-corrected chi connectivity index (χ3v) is 5.02. The summed E-state index contributed by atoms with van der Waals surface area (Å²) in [7, 11) is 1.51. The SMILES string of the molecule is COc1cc(CC(=O)NC2CCC(/C=C\C3CC3)CC2)ccc1O. The van der Waals surface area contributed by atoms with Crippen LogP contribution in [-0.4, -0.2) is 24.2 Å². The molecule has 2 saturated carbocycles. The molecule has 0 bridgehead atoms. The van der Waals surface area contributed by atoms with Crippen molar-refractivity contribution in [3.8, 4) is 11.5 Å². The highest BCUT2D eigenvalue weighted by Gasteiger charge is 2.23. The van der Waals surface area contributed by atoms with Crippen molar-refractivity contribution in [1.82, 2.24) is 5.32 Å². The van der Waals surface area contributed by atoms with Crippen molar-refractivity contribution in [3.05, 3.63) is 35.9 Å². The summed E-state index contributed by atoms with van der Waals surface area (Å²) in [6, 6.07) is 5.34. The van der Waals surface area contributed by atoms with Gasteiger partial charge >= 0.3 is 0 Å². The fourth-order valence-corrected chi connectivity index (χ4v) is 3.36. The molecule has 2 N–H and O–H groups in total. The predicted molar refractivity (Wildman–Crippen MR) is 94.1 cm³/mol. The van der Waals surface area contributed by atoms with E-state index in [0.717, 1.165) is 24.3 Å². The van der Waals surface area contributed by atoms with Gasteiger partial charge in [-0.1, -0.05) is 18.2 Å². The fourth-order valence-electron chi connectivity index (χ4n) is 3.36. The average Bonchev–Trinajstić information content (AvgIpc) is 3.40. The smallest absolute Gasteiger partial charge is 0.224 e. The van der Waals surface area contributed by atoms with E-state index < -0.39 is 0 Å². The van der Waals surface area contributed by atoms with Crippen molar-refractivity contribution in [2.45, 2.75) is 51.0 Å². The third kappa shape index (κ3) is 4.76. The Hall–Kier alpha value is -1.97. The van der Waals surface area contributed by atoms with E-state index in [1.54, 1.807) is 18.2 Å². The Bertz CT molecular complexity index is 599. The van der Waals surface area contributed by atoms with Gasteiger partial charge in [0.1, 0.15) is 0 Å². The van der Waals surface area contributed by atoms with Crippen LogP contribution in [0.15, 0.2) is 30.4 Å². The number of allylic oxidation sites excluding steroid dienone is 2. The van der Waals surface area contributed by atoms with E-state index >= 15 is 0 Å². The van der Waals surface area contributed by atoms with Gasteiger partial charge in [-0.25, -0.2) is 0 Å². The Kier molecular flexibility index (Phi) is 5.44. The molecule has 0 saturated heterocycles. The van der Waals surface area contributed by atoms with Crippen LogP contribution in [-0.2, 0) is 11.2 Å². The highest BCUT2D eigenvalue weighted by molar-refractivity contribution is 5.79. The molecular formula is C20H27NO3. The first kappa shape index (κ1) is 16.9. The Balaban J connectivity index is 1.44. The first-order valence-corrected chi connectivity index (χ1v) is 8.97. The maximum absolute atomic E-state index is 12.2. The molecule has 0 radical (unpaired) electrons. The number of carbonyl (C=O) groups is 1. The summed E-state index contributed by atoms with van der Waals surface area (Å²) in [6.45, 7) is 0. The zero-order chi connectivity index (χ0) is 16.9. The number of phenols is 1. The van der Waals surface area contributed by atoms with E-state index in [2.05, 4.69) is 17.5 Å². The predicted octanol–water partition coefficient (Wildman–Crippen LogP) is 3.58. The molecule has 1 aromatic carbocycles. The molecule has 0 spiro atoms. The van der Waals surface area contributed by atoms with E-state index in [0.29, 0.717) is 24.1 Å². The van der Waals surface area contributed by atoms with E-state index in [1.807, 2.05) is 0 Å². The van der Waals surface area contributed by atoms with Crippen molar-refractivity contribution in [2.24, 2.45) is 11.8 Å². The minimum Gasteiger partial charge on any atom is -0.504 e. The number of nitrogens with one attached hydrogen (secondary N) is 1. The summed E-state index contributed by atoms with van der Waals surface area (Å²) >= 11 is 0. The van der Waals surface area contributed by atoms with Crippen molar-refractivity contribution >= 4 is 5.91 Å². The molecule has 0 aromatic heterocycles. The van der Waals surface area contributed by atoms with Crippen molar-refractivity contribution < 1.29 is 14.6 Å².